The summed E-state index contributed by atoms with van der Waals surface area (Å²) in [5, 5.41) is 11.0. The lowest BCUT2D eigenvalue weighted by Gasteiger charge is -2.27. The van der Waals surface area contributed by atoms with Gasteiger partial charge in [-0.2, -0.15) is 0 Å². The third-order valence-corrected chi connectivity index (χ3v) is 4.05. The maximum Gasteiger partial charge on any atom is 0.123 e. The summed E-state index contributed by atoms with van der Waals surface area (Å²) in [6.07, 6.45) is 0. The lowest BCUT2D eigenvalue weighted by molar-refractivity contribution is 0.103. The molecule has 0 aliphatic rings. The molecule has 2 nitrogen and oxygen atoms in total. The summed E-state index contributed by atoms with van der Waals surface area (Å²) < 4.78 is 14.0. The third-order valence-electron chi connectivity index (χ3n) is 3.03. The Morgan fingerprint density at radius 3 is 2.63 bits per heavy atom. The number of rotatable bonds is 2. The van der Waals surface area contributed by atoms with Crippen molar-refractivity contribution in [2.75, 3.05) is 5.73 Å². The van der Waals surface area contributed by atoms with Crippen LogP contribution in [0.15, 0.2) is 40.9 Å². The normalized spacial score (nSPS) is 14.2. The molecule has 5 heteroatoms. The Morgan fingerprint density at radius 2 is 1.95 bits per heavy atom. The van der Waals surface area contributed by atoms with Crippen molar-refractivity contribution in [1.29, 1.82) is 0 Å². The second kappa shape index (κ2) is 5.12. The first-order valence-corrected chi connectivity index (χ1v) is 6.73. The molecule has 3 N–H and O–H groups in total. The van der Waals surface area contributed by atoms with Crippen molar-refractivity contribution in [3.8, 4) is 0 Å². The number of halogens is 3. The van der Waals surface area contributed by atoms with Crippen LogP contribution in [0.1, 0.15) is 18.1 Å². The summed E-state index contributed by atoms with van der Waals surface area (Å²) in [6.45, 7) is 1.53. The van der Waals surface area contributed by atoms with Crippen molar-refractivity contribution in [1.82, 2.24) is 0 Å². The SMILES string of the molecule is CC(O)(c1cc(F)ccc1Cl)c1cccc(Br)c1N. The monoisotopic (exact) mass is 343 g/mol. The van der Waals surface area contributed by atoms with Gasteiger partial charge in [0.25, 0.3) is 0 Å². The van der Waals surface area contributed by atoms with Gasteiger partial charge in [0.1, 0.15) is 11.4 Å². The number of nitrogen functional groups attached to an aromatic ring is 1. The first-order valence-electron chi connectivity index (χ1n) is 5.56. The second-order valence-electron chi connectivity index (χ2n) is 4.40. The quantitative estimate of drug-likeness (QED) is 0.806. The van der Waals surface area contributed by atoms with E-state index in [1.165, 1.54) is 25.1 Å². The molecular weight excluding hydrogens is 333 g/mol. The Labute approximate surface area is 124 Å². The fourth-order valence-electron chi connectivity index (χ4n) is 1.98. The topological polar surface area (TPSA) is 46.2 Å². The second-order valence-corrected chi connectivity index (χ2v) is 5.66. The summed E-state index contributed by atoms with van der Waals surface area (Å²) in [6, 6.07) is 9.06. The fourth-order valence-corrected chi connectivity index (χ4v) is 2.64. The molecule has 1 unspecified atom stereocenters. The van der Waals surface area contributed by atoms with Gasteiger partial charge in [0.05, 0.1) is 5.69 Å². The van der Waals surface area contributed by atoms with Gasteiger partial charge in [-0.05, 0) is 47.1 Å². The Bertz CT molecular complexity index is 627. The molecule has 100 valence electrons. The van der Waals surface area contributed by atoms with Gasteiger partial charge in [-0.25, -0.2) is 4.39 Å². The summed E-state index contributed by atoms with van der Waals surface area (Å²) in [5.41, 5.74) is 5.61. The molecule has 0 spiro atoms. The van der Waals surface area contributed by atoms with Crippen LogP contribution in [-0.4, -0.2) is 5.11 Å². The minimum atomic E-state index is -1.48. The van der Waals surface area contributed by atoms with Crippen LogP contribution in [-0.2, 0) is 5.60 Å². The molecule has 0 saturated carbocycles. The van der Waals surface area contributed by atoms with Gasteiger partial charge in [0, 0.05) is 20.6 Å². The molecule has 0 amide bonds. The Kier molecular flexibility index (Phi) is 3.85. The minimum absolute atomic E-state index is 0.277. The van der Waals surface area contributed by atoms with Crippen LogP contribution in [0.25, 0.3) is 0 Å². The van der Waals surface area contributed by atoms with E-state index in [0.29, 0.717) is 15.7 Å². The molecule has 0 aliphatic heterocycles. The van der Waals surface area contributed by atoms with Crippen LogP contribution in [0.2, 0.25) is 5.02 Å². The first kappa shape index (κ1) is 14.3. The van der Waals surface area contributed by atoms with Crippen LogP contribution in [0.5, 0.6) is 0 Å². The number of hydrogen-bond acceptors (Lipinski definition) is 2. The molecule has 2 aromatic rings. The van der Waals surface area contributed by atoms with E-state index in [9.17, 15) is 9.50 Å². The van der Waals surface area contributed by atoms with E-state index in [-0.39, 0.29) is 10.6 Å². The number of benzene rings is 2. The van der Waals surface area contributed by atoms with E-state index >= 15 is 0 Å². The Morgan fingerprint density at radius 1 is 1.26 bits per heavy atom. The van der Waals surface area contributed by atoms with E-state index in [0.717, 1.165) is 0 Å². The molecule has 0 fully saturated rings. The summed E-state index contributed by atoms with van der Waals surface area (Å²) in [7, 11) is 0. The van der Waals surface area contributed by atoms with E-state index in [4.69, 9.17) is 17.3 Å². The van der Waals surface area contributed by atoms with Gasteiger partial charge in [0.2, 0.25) is 0 Å². The van der Waals surface area contributed by atoms with E-state index in [2.05, 4.69) is 15.9 Å². The molecule has 0 aromatic heterocycles. The number of nitrogens with two attached hydrogens (primary N) is 1. The van der Waals surface area contributed by atoms with Gasteiger partial charge >= 0.3 is 0 Å². The lowest BCUT2D eigenvalue weighted by atomic mass is 9.87. The Balaban J connectivity index is 2.65. The highest BCUT2D eigenvalue weighted by molar-refractivity contribution is 9.10. The lowest BCUT2D eigenvalue weighted by Crippen LogP contribution is -2.25. The zero-order chi connectivity index (χ0) is 14.2. The van der Waals surface area contributed by atoms with Crippen LogP contribution in [0, 0.1) is 5.82 Å². The maximum atomic E-state index is 13.4. The highest BCUT2D eigenvalue weighted by Gasteiger charge is 2.30. The van der Waals surface area contributed by atoms with Crippen molar-refractivity contribution in [2.45, 2.75) is 12.5 Å². The molecular formula is C14H12BrClFNO. The van der Waals surface area contributed by atoms with Crippen molar-refractivity contribution in [3.63, 3.8) is 0 Å². The van der Waals surface area contributed by atoms with Crippen molar-refractivity contribution < 1.29 is 9.50 Å². The predicted octanol–water partition coefficient (Wildman–Crippen LogP) is 4.08. The van der Waals surface area contributed by atoms with Gasteiger partial charge in [0.15, 0.2) is 0 Å². The average Bonchev–Trinajstić information content (AvgIpc) is 2.35. The van der Waals surface area contributed by atoms with Crippen molar-refractivity contribution in [2.24, 2.45) is 0 Å². The molecule has 0 radical (unpaired) electrons. The molecule has 0 heterocycles. The van der Waals surface area contributed by atoms with E-state index in [1.54, 1.807) is 18.2 Å². The largest absolute Gasteiger partial charge is 0.397 e. The van der Waals surface area contributed by atoms with Gasteiger partial charge in [-0.15, -0.1) is 0 Å². The highest BCUT2D eigenvalue weighted by atomic mass is 79.9. The predicted molar refractivity (Wildman–Crippen MR) is 78.6 cm³/mol. The molecule has 0 saturated heterocycles. The van der Waals surface area contributed by atoms with E-state index < -0.39 is 11.4 Å². The molecule has 0 aliphatic carbocycles. The minimum Gasteiger partial charge on any atom is -0.397 e. The maximum absolute atomic E-state index is 13.4. The number of para-hydroxylation sites is 1. The van der Waals surface area contributed by atoms with Gasteiger partial charge in [-0.1, -0.05) is 23.7 Å². The van der Waals surface area contributed by atoms with Gasteiger partial charge < -0.3 is 10.8 Å². The van der Waals surface area contributed by atoms with Crippen molar-refractivity contribution in [3.05, 3.63) is 62.8 Å². The smallest absolute Gasteiger partial charge is 0.123 e. The summed E-state index contributed by atoms with van der Waals surface area (Å²) >= 11 is 9.34. The van der Waals surface area contributed by atoms with Crippen LogP contribution in [0.3, 0.4) is 0 Å². The summed E-state index contributed by atoms with van der Waals surface area (Å²) in [4.78, 5) is 0. The standard InChI is InChI=1S/C14H12BrClFNO/c1-14(19,9-3-2-4-11(15)13(9)18)10-7-8(17)5-6-12(10)16/h2-7,19H,18H2,1H3. The van der Waals surface area contributed by atoms with Crippen molar-refractivity contribution >= 4 is 33.2 Å². The molecule has 1 atom stereocenters. The Hall–Kier alpha value is -1.10. The zero-order valence-electron chi connectivity index (χ0n) is 10.1. The average molecular weight is 345 g/mol. The third kappa shape index (κ3) is 2.61. The number of hydrogen-bond donors (Lipinski definition) is 2. The van der Waals surface area contributed by atoms with E-state index in [1.807, 2.05) is 0 Å². The molecule has 0 bridgehead atoms. The number of anilines is 1. The van der Waals surface area contributed by atoms with Crippen LogP contribution >= 0.6 is 27.5 Å². The number of aliphatic hydroxyl groups is 1. The molecule has 19 heavy (non-hydrogen) atoms. The fraction of sp³-hybridized carbons (Fsp3) is 0.143. The zero-order valence-corrected chi connectivity index (χ0v) is 12.5. The molecule has 2 aromatic carbocycles. The first-order chi connectivity index (χ1) is 8.84. The van der Waals surface area contributed by atoms with Crippen LogP contribution in [0.4, 0.5) is 10.1 Å². The summed E-state index contributed by atoms with van der Waals surface area (Å²) in [5.74, 6) is -0.465. The highest BCUT2D eigenvalue weighted by Crippen LogP contribution is 2.39. The van der Waals surface area contributed by atoms with Gasteiger partial charge in [-0.3, -0.25) is 0 Å². The molecule has 2 rings (SSSR count). The van der Waals surface area contributed by atoms with Crippen LogP contribution < -0.4 is 5.73 Å².